The lowest BCUT2D eigenvalue weighted by Crippen LogP contribution is -2.49. The summed E-state index contributed by atoms with van der Waals surface area (Å²) in [5.74, 6) is 0.995. The van der Waals surface area contributed by atoms with E-state index in [1.54, 1.807) is 4.90 Å². The van der Waals surface area contributed by atoms with Crippen LogP contribution < -0.4 is 26.2 Å². The lowest BCUT2D eigenvalue weighted by atomic mass is 10.1. The maximum atomic E-state index is 12.7. The number of hydrazine groups is 1. The average molecular weight is 354 g/mol. The number of amides is 3. The molecule has 0 aromatic heterocycles. The monoisotopic (exact) mass is 354 g/mol. The molecule has 0 unspecified atom stereocenters. The van der Waals surface area contributed by atoms with Crippen molar-refractivity contribution in [2.75, 3.05) is 18.0 Å². The molecule has 1 aliphatic heterocycles. The van der Waals surface area contributed by atoms with Gasteiger partial charge in [-0.15, -0.1) is 0 Å². The first-order valence-electron chi connectivity index (χ1n) is 8.48. The Kier molecular flexibility index (Phi) is 5.38. The third kappa shape index (κ3) is 3.94. The summed E-state index contributed by atoms with van der Waals surface area (Å²) in [6, 6.07) is 5.24. The highest BCUT2D eigenvalue weighted by Gasteiger charge is 2.26. The Morgan fingerprint density at radius 3 is 2.92 bits per heavy atom. The van der Waals surface area contributed by atoms with Gasteiger partial charge < -0.3 is 10.5 Å². The molecule has 26 heavy (non-hydrogen) atoms. The first kappa shape index (κ1) is 17.8. The maximum absolute atomic E-state index is 12.7. The predicted octanol–water partition coefficient (Wildman–Crippen LogP) is 2.05. The van der Waals surface area contributed by atoms with Crippen LogP contribution in [0.15, 0.2) is 53.8 Å². The quantitative estimate of drug-likeness (QED) is 0.708. The number of hydrogen-bond donors (Lipinski definition) is 3. The van der Waals surface area contributed by atoms with Crippen LogP contribution in [-0.4, -0.2) is 25.0 Å². The van der Waals surface area contributed by atoms with E-state index in [1.807, 2.05) is 49.4 Å². The summed E-state index contributed by atoms with van der Waals surface area (Å²) in [5.41, 5.74) is 12.8. The SMILES string of the molecule is Cc1ccc2c(c1)N(C(=O)NNC(=O)CCN)CC1=C(C=CC=CC1)O2. The van der Waals surface area contributed by atoms with Crippen molar-refractivity contribution in [1.29, 1.82) is 0 Å². The van der Waals surface area contributed by atoms with Gasteiger partial charge in [-0.05, 0) is 42.7 Å². The lowest BCUT2D eigenvalue weighted by molar-refractivity contribution is -0.121. The highest BCUT2D eigenvalue weighted by molar-refractivity contribution is 5.95. The largest absolute Gasteiger partial charge is 0.455 e. The number of hydrogen-bond acceptors (Lipinski definition) is 4. The number of urea groups is 1. The molecule has 1 heterocycles. The van der Waals surface area contributed by atoms with E-state index >= 15 is 0 Å². The zero-order valence-electron chi connectivity index (χ0n) is 14.6. The normalized spacial score (nSPS) is 15.4. The lowest BCUT2D eigenvalue weighted by Gasteiger charge is -2.23. The molecule has 136 valence electrons. The second kappa shape index (κ2) is 7.88. The van der Waals surface area contributed by atoms with Crippen molar-refractivity contribution in [3.05, 3.63) is 59.4 Å². The van der Waals surface area contributed by atoms with E-state index in [2.05, 4.69) is 10.9 Å². The minimum absolute atomic E-state index is 0.143. The van der Waals surface area contributed by atoms with Crippen molar-refractivity contribution in [2.45, 2.75) is 19.8 Å². The molecule has 2 aliphatic rings. The molecule has 7 nitrogen and oxygen atoms in total. The fourth-order valence-corrected chi connectivity index (χ4v) is 2.78. The van der Waals surface area contributed by atoms with Crippen LogP contribution in [0.25, 0.3) is 0 Å². The van der Waals surface area contributed by atoms with Crippen LogP contribution in [0.4, 0.5) is 10.5 Å². The van der Waals surface area contributed by atoms with Crippen LogP contribution in [0.5, 0.6) is 5.75 Å². The van der Waals surface area contributed by atoms with Gasteiger partial charge in [0, 0.05) is 13.0 Å². The standard InChI is InChI=1S/C19H22N4O3/c1-13-7-8-17-15(11-13)23(19(25)22-21-18(24)9-10-20)12-14-5-3-2-4-6-16(14)26-17/h2-4,6-8,11H,5,9-10,12,20H2,1H3,(H,21,24)(H,22,25). The van der Waals surface area contributed by atoms with Gasteiger partial charge in [-0.25, -0.2) is 10.2 Å². The van der Waals surface area contributed by atoms with Gasteiger partial charge in [-0.3, -0.25) is 15.1 Å². The predicted molar refractivity (Wildman–Crippen MR) is 99.4 cm³/mol. The van der Waals surface area contributed by atoms with Crippen LogP contribution in [0.3, 0.4) is 0 Å². The topological polar surface area (TPSA) is 96.7 Å². The Morgan fingerprint density at radius 1 is 1.27 bits per heavy atom. The van der Waals surface area contributed by atoms with E-state index in [0.717, 1.165) is 16.9 Å². The highest BCUT2D eigenvalue weighted by atomic mass is 16.5. The van der Waals surface area contributed by atoms with Gasteiger partial charge >= 0.3 is 6.03 Å². The summed E-state index contributed by atoms with van der Waals surface area (Å²) in [6.07, 6.45) is 8.60. The molecular formula is C19H22N4O3. The molecule has 3 amide bonds. The number of carbonyl (C=O) groups is 2. The summed E-state index contributed by atoms with van der Waals surface area (Å²) < 4.78 is 6.07. The number of aryl methyl sites for hydroxylation is 1. The second-order valence-electron chi connectivity index (χ2n) is 6.14. The summed E-state index contributed by atoms with van der Waals surface area (Å²) >= 11 is 0. The van der Waals surface area contributed by atoms with Crippen LogP contribution in [0.2, 0.25) is 0 Å². The molecule has 1 aromatic rings. The molecule has 4 N–H and O–H groups in total. The third-order valence-electron chi connectivity index (χ3n) is 4.11. The Balaban J connectivity index is 1.89. The Morgan fingerprint density at radius 2 is 2.12 bits per heavy atom. The molecule has 1 aliphatic carbocycles. The van der Waals surface area contributed by atoms with Crippen molar-refractivity contribution in [2.24, 2.45) is 5.73 Å². The van der Waals surface area contributed by atoms with Crippen molar-refractivity contribution in [3.63, 3.8) is 0 Å². The van der Waals surface area contributed by atoms with Crippen molar-refractivity contribution in [3.8, 4) is 5.75 Å². The number of rotatable bonds is 2. The van der Waals surface area contributed by atoms with Crippen LogP contribution >= 0.6 is 0 Å². The van der Waals surface area contributed by atoms with Gasteiger partial charge in [-0.2, -0.15) is 0 Å². The minimum Gasteiger partial charge on any atom is -0.455 e. The Hall–Kier alpha value is -3.06. The number of nitrogens with one attached hydrogen (secondary N) is 2. The molecule has 0 fully saturated rings. The second-order valence-corrected chi connectivity index (χ2v) is 6.14. The molecule has 0 spiro atoms. The molecule has 0 saturated carbocycles. The summed E-state index contributed by atoms with van der Waals surface area (Å²) in [5, 5.41) is 0. The fourth-order valence-electron chi connectivity index (χ4n) is 2.78. The zero-order valence-corrected chi connectivity index (χ0v) is 14.6. The van der Waals surface area contributed by atoms with E-state index in [1.165, 1.54) is 0 Å². The molecule has 1 aromatic carbocycles. The minimum atomic E-state index is -0.434. The number of nitrogens with two attached hydrogens (primary N) is 1. The van der Waals surface area contributed by atoms with Crippen LogP contribution in [0.1, 0.15) is 18.4 Å². The number of ether oxygens (including phenoxy) is 1. The van der Waals surface area contributed by atoms with Gasteiger partial charge in [0.1, 0.15) is 5.76 Å². The summed E-state index contributed by atoms with van der Waals surface area (Å²) in [6.45, 7) is 2.53. The first-order valence-corrected chi connectivity index (χ1v) is 8.48. The van der Waals surface area contributed by atoms with E-state index in [0.29, 0.717) is 24.4 Å². The van der Waals surface area contributed by atoms with E-state index in [4.69, 9.17) is 10.5 Å². The molecule has 0 atom stereocenters. The van der Waals surface area contributed by atoms with E-state index in [9.17, 15) is 9.59 Å². The molecule has 3 rings (SSSR count). The Bertz CT molecular complexity index is 811. The average Bonchev–Trinajstić information content (AvgIpc) is 2.92. The Labute approximate surface area is 152 Å². The smallest absolute Gasteiger partial charge is 0.340 e. The molecule has 7 heteroatoms. The fraction of sp³-hybridized carbons (Fsp3) is 0.263. The van der Waals surface area contributed by atoms with Gasteiger partial charge in [0.15, 0.2) is 5.75 Å². The number of carbonyl (C=O) groups excluding carboxylic acids is 2. The van der Waals surface area contributed by atoms with Gasteiger partial charge in [-0.1, -0.05) is 24.3 Å². The van der Waals surface area contributed by atoms with Crippen LogP contribution in [-0.2, 0) is 4.79 Å². The molecular weight excluding hydrogens is 332 g/mol. The summed E-state index contributed by atoms with van der Waals surface area (Å²) in [4.78, 5) is 25.9. The van der Waals surface area contributed by atoms with Crippen molar-refractivity contribution in [1.82, 2.24) is 10.9 Å². The van der Waals surface area contributed by atoms with Crippen LogP contribution in [0, 0.1) is 6.92 Å². The number of nitrogens with zero attached hydrogens (tertiary/aromatic N) is 1. The van der Waals surface area contributed by atoms with E-state index in [-0.39, 0.29) is 18.9 Å². The summed E-state index contributed by atoms with van der Waals surface area (Å²) in [7, 11) is 0. The highest BCUT2D eigenvalue weighted by Crippen LogP contribution is 2.36. The molecule has 0 saturated heterocycles. The van der Waals surface area contributed by atoms with Gasteiger partial charge in [0.25, 0.3) is 0 Å². The number of anilines is 1. The zero-order chi connectivity index (χ0) is 18.5. The van der Waals surface area contributed by atoms with Crippen molar-refractivity contribution < 1.29 is 14.3 Å². The number of allylic oxidation sites excluding steroid dienone is 4. The third-order valence-corrected chi connectivity index (χ3v) is 4.11. The molecule has 0 radical (unpaired) electrons. The number of benzene rings is 1. The number of fused-ring (bicyclic) bond motifs is 1. The maximum Gasteiger partial charge on any atom is 0.340 e. The van der Waals surface area contributed by atoms with E-state index < -0.39 is 6.03 Å². The van der Waals surface area contributed by atoms with Gasteiger partial charge in [0.2, 0.25) is 5.91 Å². The van der Waals surface area contributed by atoms with Gasteiger partial charge in [0.05, 0.1) is 12.2 Å². The molecule has 0 bridgehead atoms. The first-order chi connectivity index (χ1) is 12.6. The van der Waals surface area contributed by atoms with Crippen molar-refractivity contribution >= 4 is 17.6 Å².